The van der Waals surface area contributed by atoms with Crippen molar-refractivity contribution in [3.8, 4) is 5.75 Å². The van der Waals surface area contributed by atoms with Gasteiger partial charge in [0, 0.05) is 25.9 Å². The molecule has 1 heterocycles. The highest BCUT2D eigenvalue weighted by molar-refractivity contribution is 5.90. The molecule has 6 nitrogen and oxygen atoms in total. The lowest BCUT2D eigenvalue weighted by Crippen LogP contribution is -2.41. The number of piperidine rings is 1. The van der Waals surface area contributed by atoms with Crippen LogP contribution in [0.1, 0.15) is 28.8 Å². The topological polar surface area (TPSA) is 76.1 Å². The van der Waals surface area contributed by atoms with Crippen molar-refractivity contribution < 1.29 is 37.3 Å². The zero-order chi connectivity index (χ0) is 17.9. The van der Waals surface area contributed by atoms with Gasteiger partial charge in [0.05, 0.1) is 18.2 Å². The molecule has 0 bridgehead atoms. The van der Waals surface area contributed by atoms with Crippen LogP contribution < -0.4 is 4.74 Å². The first kappa shape index (κ1) is 17.9. The van der Waals surface area contributed by atoms with Crippen molar-refractivity contribution in [3.63, 3.8) is 0 Å². The van der Waals surface area contributed by atoms with E-state index in [2.05, 4.69) is 4.74 Å². The number of benzene rings is 1. The number of methoxy groups -OCH3 is 1. The number of hydrogen-bond donors (Lipinski definition) is 1. The number of nitrogens with zero attached hydrogens (tertiary/aromatic N) is 1. The van der Waals surface area contributed by atoms with E-state index in [1.165, 1.54) is 11.0 Å². The summed E-state index contributed by atoms with van der Waals surface area (Å²) in [6, 6.07) is 2.70. The molecule has 132 valence electrons. The van der Waals surface area contributed by atoms with E-state index in [4.69, 9.17) is 9.84 Å². The monoisotopic (exact) mass is 347 g/mol. The van der Waals surface area contributed by atoms with Crippen molar-refractivity contribution in [2.24, 2.45) is 0 Å². The first-order valence-electron chi connectivity index (χ1n) is 7.16. The molecule has 0 aliphatic carbocycles. The minimum Gasteiger partial charge on any atom is -0.490 e. The minimum atomic E-state index is -4.63. The normalized spacial score (nSPS) is 15.9. The number of hydrogen-bond acceptors (Lipinski definition) is 4. The standard InChI is InChI=1S/C15H16F3NO5/c1-23-13(20)9-6-10(15(16,17)18)8-12(7-9)24-11-2-4-19(5-3-11)14(21)22/h6-8,11H,2-5H2,1H3,(H,21,22). The fourth-order valence-corrected chi connectivity index (χ4v) is 2.42. The van der Waals surface area contributed by atoms with Gasteiger partial charge in [-0.25, -0.2) is 9.59 Å². The van der Waals surface area contributed by atoms with Gasteiger partial charge in [0.25, 0.3) is 0 Å². The Morgan fingerprint density at radius 2 is 1.83 bits per heavy atom. The van der Waals surface area contributed by atoms with E-state index in [0.717, 1.165) is 13.2 Å². The molecule has 1 amide bonds. The summed E-state index contributed by atoms with van der Waals surface area (Å²) in [4.78, 5) is 23.6. The molecule has 0 radical (unpaired) electrons. The molecule has 0 atom stereocenters. The number of carbonyl (C=O) groups excluding carboxylic acids is 1. The average molecular weight is 347 g/mol. The molecule has 0 unspecified atom stereocenters. The fourth-order valence-electron chi connectivity index (χ4n) is 2.42. The van der Waals surface area contributed by atoms with Gasteiger partial charge >= 0.3 is 18.2 Å². The number of carbonyl (C=O) groups is 2. The SMILES string of the molecule is COC(=O)c1cc(OC2CCN(C(=O)O)CC2)cc(C(F)(F)F)c1. The van der Waals surface area contributed by atoms with Crippen LogP contribution in [-0.2, 0) is 10.9 Å². The quantitative estimate of drug-likeness (QED) is 0.851. The Labute approximate surface area is 135 Å². The minimum absolute atomic E-state index is 0.0981. The van der Waals surface area contributed by atoms with E-state index < -0.39 is 29.9 Å². The summed E-state index contributed by atoms with van der Waals surface area (Å²) in [5, 5.41) is 8.87. The molecule has 1 saturated heterocycles. The Kier molecular flexibility index (Phi) is 5.20. The second-order valence-corrected chi connectivity index (χ2v) is 5.32. The fraction of sp³-hybridized carbons (Fsp3) is 0.467. The maximum Gasteiger partial charge on any atom is 0.416 e. The van der Waals surface area contributed by atoms with E-state index in [1.807, 2.05) is 0 Å². The highest BCUT2D eigenvalue weighted by Gasteiger charge is 2.33. The Hall–Kier alpha value is -2.45. The molecule has 2 rings (SSSR count). The number of alkyl halides is 3. The smallest absolute Gasteiger partial charge is 0.416 e. The van der Waals surface area contributed by atoms with Gasteiger partial charge in [-0.05, 0) is 18.2 Å². The van der Waals surface area contributed by atoms with Crippen LogP contribution in [0.3, 0.4) is 0 Å². The molecule has 24 heavy (non-hydrogen) atoms. The Morgan fingerprint density at radius 3 is 2.33 bits per heavy atom. The van der Waals surface area contributed by atoms with Crippen molar-refractivity contribution in [3.05, 3.63) is 29.3 Å². The first-order valence-corrected chi connectivity index (χ1v) is 7.16. The first-order chi connectivity index (χ1) is 11.2. The van der Waals surface area contributed by atoms with Crippen LogP contribution in [0.2, 0.25) is 0 Å². The molecule has 1 aliphatic heterocycles. The second kappa shape index (κ2) is 6.98. The average Bonchev–Trinajstić information content (AvgIpc) is 2.53. The highest BCUT2D eigenvalue weighted by Crippen LogP contribution is 2.33. The number of halogens is 3. The molecule has 1 aromatic rings. The van der Waals surface area contributed by atoms with E-state index >= 15 is 0 Å². The van der Waals surface area contributed by atoms with Crippen molar-refractivity contribution in [2.45, 2.75) is 25.1 Å². The van der Waals surface area contributed by atoms with Gasteiger partial charge in [-0.3, -0.25) is 0 Å². The number of esters is 1. The van der Waals surface area contributed by atoms with Crippen LogP contribution in [0.25, 0.3) is 0 Å². The molecule has 0 spiro atoms. The summed E-state index contributed by atoms with van der Waals surface area (Å²) < 4.78 is 48.8. The van der Waals surface area contributed by atoms with Crippen LogP contribution in [0, 0.1) is 0 Å². The molecule has 0 aromatic heterocycles. The van der Waals surface area contributed by atoms with Gasteiger partial charge in [-0.15, -0.1) is 0 Å². The summed E-state index contributed by atoms with van der Waals surface area (Å²) in [5.41, 5.74) is -1.27. The molecule has 9 heteroatoms. The van der Waals surface area contributed by atoms with Crippen molar-refractivity contribution in [1.82, 2.24) is 4.90 Å². The van der Waals surface area contributed by atoms with Gasteiger partial charge in [0.1, 0.15) is 11.9 Å². The zero-order valence-corrected chi connectivity index (χ0v) is 12.8. The maximum atomic E-state index is 13.0. The van der Waals surface area contributed by atoms with E-state index in [0.29, 0.717) is 18.9 Å². The van der Waals surface area contributed by atoms with Gasteiger partial charge in [0.15, 0.2) is 0 Å². The van der Waals surface area contributed by atoms with Crippen molar-refractivity contribution in [2.75, 3.05) is 20.2 Å². The van der Waals surface area contributed by atoms with E-state index in [9.17, 15) is 22.8 Å². The lowest BCUT2D eigenvalue weighted by atomic mass is 10.1. The third-order valence-electron chi connectivity index (χ3n) is 3.67. The maximum absolute atomic E-state index is 13.0. The van der Waals surface area contributed by atoms with Gasteiger partial charge in [-0.1, -0.05) is 0 Å². The predicted molar refractivity (Wildman–Crippen MR) is 76.0 cm³/mol. The Morgan fingerprint density at radius 1 is 1.21 bits per heavy atom. The van der Waals surface area contributed by atoms with Gasteiger partial charge < -0.3 is 19.5 Å². The molecule has 1 N–H and O–H groups in total. The van der Waals surface area contributed by atoms with Crippen LogP contribution >= 0.6 is 0 Å². The summed E-state index contributed by atoms with van der Waals surface area (Å²) in [7, 11) is 1.07. The number of ether oxygens (including phenoxy) is 2. The predicted octanol–water partition coefficient (Wildman–Crippen LogP) is 3.01. The van der Waals surface area contributed by atoms with Gasteiger partial charge in [0.2, 0.25) is 0 Å². The molecule has 0 saturated carbocycles. The van der Waals surface area contributed by atoms with E-state index in [-0.39, 0.29) is 24.4 Å². The molecule has 1 aliphatic rings. The Balaban J connectivity index is 2.17. The number of rotatable bonds is 3. The third kappa shape index (κ3) is 4.30. The lowest BCUT2D eigenvalue weighted by molar-refractivity contribution is -0.137. The third-order valence-corrected chi connectivity index (χ3v) is 3.67. The molecular formula is C15H16F3NO5. The van der Waals surface area contributed by atoms with E-state index in [1.54, 1.807) is 0 Å². The molecular weight excluding hydrogens is 331 g/mol. The largest absolute Gasteiger partial charge is 0.490 e. The van der Waals surface area contributed by atoms with Crippen molar-refractivity contribution >= 4 is 12.1 Å². The van der Waals surface area contributed by atoms with Crippen molar-refractivity contribution in [1.29, 1.82) is 0 Å². The summed E-state index contributed by atoms with van der Waals surface area (Å²) in [6.45, 7) is 0.478. The summed E-state index contributed by atoms with van der Waals surface area (Å²) in [6.07, 6.45) is -5.38. The number of carboxylic acid groups (broad SMARTS) is 1. The summed E-state index contributed by atoms with van der Waals surface area (Å²) in [5.74, 6) is -0.995. The highest BCUT2D eigenvalue weighted by atomic mass is 19.4. The second-order valence-electron chi connectivity index (χ2n) is 5.32. The lowest BCUT2D eigenvalue weighted by Gasteiger charge is -2.30. The zero-order valence-electron chi connectivity index (χ0n) is 12.8. The van der Waals surface area contributed by atoms with Crippen LogP contribution in [0.4, 0.5) is 18.0 Å². The van der Waals surface area contributed by atoms with Crippen LogP contribution in [0.5, 0.6) is 5.75 Å². The number of likely N-dealkylation sites (tertiary alicyclic amines) is 1. The van der Waals surface area contributed by atoms with Gasteiger partial charge in [-0.2, -0.15) is 13.2 Å². The van der Waals surface area contributed by atoms with Crippen LogP contribution in [0.15, 0.2) is 18.2 Å². The van der Waals surface area contributed by atoms with Crippen LogP contribution in [-0.4, -0.2) is 48.4 Å². The number of amides is 1. The summed E-state index contributed by atoms with van der Waals surface area (Å²) >= 11 is 0. The Bertz CT molecular complexity index is 624. The molecule has 1 fully saturated rings. The molecule has 1 aromatic carbocycles.